The number of hydrogen-bond donors (Lipinski definition) is 1. The molecule has 158 valence electrons. The lowest BCUT2D eigenvalue weighted by Gasteiger charge is -2.27. The zero-order valence-electron chi connectivity index (χ0n) is 16.8. The molecule has 0 bridgehead atoms. The summed E-state index contributed by atoms with van der Waals surface area (Å²) in [7, 11) is 3.17. The van der Waals surface area contributed by atoms with Gasteiger partial charge in [0, 0.05) is 18.7 Å². The number of methoxy groups -OCH3 is 2. The first-order chi connectivity index (χ1) is 13.2. The minimum absolute atomic E-state index is 0. The second-order valence-corrected chi connectivity index (χ2v) is 7.02. The maximum absolute atomic E-state index is 12.8. The molecule has 0 aromatic heterocycles. The van der Waals surface area contributed by atoms with Crippen LogP contribution in [0.5, 0.6) is 17.2 Å². The van der Waals surface area contributed by atoms with Gasteiger partial charge in [0.1, 0.15) is 13.2 Å². The molecule has 0 saturated carbocycles. The number of hydrogen-bond acceptors (Lipinski definition) is 5. The quantitative estimate of drug-likeness (QED) is 0.540. The number of benzene rings is 1. The molecule has 1 N–H and O–H groups in total. The molecule has 0 unspecified atom stereocenters. The molecule has 1 aromatic carbocycles. The lowest BCUT2D eigenvalue weighted by molar-refractivity contribution is -0.904. The average molecular weight is 415 g/mol. The Hall–Kier alpha value is -1.70. The van der Waals surface area contributed by atoms with Gasteiger partial charge in [-0.3, -0.25) is 4.79 Å². The SMILES string of the molecule is COc1cc(C(=O)N2CCOCC2)cc(OC)c1OCC[NH+]1CCCCC1.[Cl-]. The maximum atomic E-state index is 12.8. The van der Waals surface area contributed by atoms with Gasteiger partial charge in [0.2, 0.25) is 5.75 Å². The molecule has 0 spiro atoms. The van der Waals surface area contributed by atoms with E-state index in [1.54, 1.807) is 36.2 Å². The summed E-state index contributed by atoms with van der Waals surface area (Å²) in [4.78, 5) is 16.2. The maximum Gasteiger partial charge on any atom is 0.254 e. The first-order valence-corrected chi connectivity index (χ1v) is 9.82. The molecule has 7 nitrogen and oxygen atoms in total. The number of amides is 1. The number of morpholine rings is 1. The number of likely N-dealkylation sites (tertiary alicyclic amines) is 1. The van der Waals surface area contributed by atoms with E-state index in [1.165, 1.54) is 32.4 Å². The summed E-state index contributed by atoms with van der Waals surface area (Å²) >= 11 is 0. The van der Waals surface area contributed by atoms with Gasteiger partial charge in [-0.2, -0.15) is 0 Å². The molecule has 2 aliphatic heterocycles. The van der Waals surface area contributed by atoms with E-state index in [-0.39, 0.29) is 18.3 Å². The van der Waals surface area contributed by atoms with Gasteiger partial charge in [-0.05, 0) is 31.4 Å². The number of nitrogens with zero attached hydrogens (tertiary/aromatic N) is 1. The third kappa shape index (κ3) is 5.65. The van der Waals surface area contributed by atoms with Crippen LogP contribution in [-0.2, 0) is 4.74 Å². The fourth-order valence-electron chi connectivity index (χ4n) is 3.69. The highest BCUT2D eigenvalue weighted by Crippen LogP contribution is 2.38. The van der Waals surface area contributed by atoms with E-state index >= 15 is 0 Å². The van der Waals surface area contributed by atoms with E-state index in [0.29, 0.717) is 55.7 Å². The third-order valence-corrected chi connectivity index (χ3v) is 5.27. The van der Waals surface area contributed by atoms with Crippen LogP contribution in [0.4, 0.5) is 0 Å². The number of rotatable bonds is 7. The molecule has 1 amide bonds. The number of piperidine rings is 1. The van der Waals surface area contributed by atoms with Crippen LogP contribution in [0.1, 0.15) is 29.6 Å². The molecular weight excluding hydrogens is 384 g/mol. The predicted octanol–water partition coefficient (Wildman–Crippen LogP) is -2.37. The van der Waals surface area contributed by atoms with Gasteiger partial charge in [0.25, 0.3) is 5.91 Å². The van der Waals surface area contributed by atoms with Gasteiger partial charge >= 0.3 is 0 Å². The number of halogens is 1. The monoisotopic (exact) mass is 414 g/mol. The van der Waals surface area contributed by atoms with Crippen molar-refractivity contribution in [1.29, 1.82) is 0 Å². The van der Waals surface area contributed by atoms with Gasteiger partial charge in [-0.1, -0.05) is 0 Å². The molecule has 8 heteroatoms. The van der Waals surface area contributed by atoms with Crippen LogP contribution in [0.2, 0.25) is 0 Å². The Morgan fingerprint density at radius 1 is 1.07 bits per heavy atom. The molecule has 2 saturated heterocycles. The van der Waals surface area contributed by atoms with E-state index in [9.17, 15) is 4.79 Å². The van der Waals surface area contributed by atoms with Gasteiger partial charge in [-0.25, -0.2) is 0 Å². The summed E-state index contributed by atoms with van der Waals surface area (Å²) in [5.74, 6) is 1.58. The molecule has 0 atom stereocenters. The highest BCUT2D eigenvalue weighted by Gasteiger charge is 2.23. The zero-order valence-corrected chi connectivity index (χ0v) is 17.6. The first kappa shape index (κ1) is 22.6. The van der Waals surface area contributed by atoms with Crippen molar-refractivity contribution < 1.29 is 41.0 Å². The van der Waals surface area contributed by atoms with Crippen LogP contribution in [0, 0.1) is 0 Å². The van der Waals surface area contributed by atoms with Gasteiger partial charge in [0.05, 0.1) is 40.5 Å². The zero-order chi connectivity index (χ0) is 19.1. The van der Waals surface area contributed by atoms with Crippen LogP contribution in [0.15, 0.2) is 12.1 Å². The highest BCUT2D eigenvalue weighted by atomic mass is 35.5. The standard InChI is InChI=1S/C20H30N2O5.ClH/c1-24-17-14-16(20(23)22-9-11-26-12-10-22)15-18(25-2)19(17)27-13-8-21-6-4-3-5-7-21;/h14-15H,3-13H2,1-2H3;1H. The molecule has 0 radical (unpaired) electrons. The minimum atomic E-state index is -0.0424. The van der Waals surface area contributed by atoms with Crippen molar-refractivity contribution in [2.45, 2.75) is 19.3 Å². The lowest BCUT2D eigenvalue weighted by Crippen LogP contribution is -3.13. The molecule has 3 rings (SSSR count). The van der Waals surface area contributed by atoms with E-state index in [1.807, 2.05) is 0 Å². The smallest absolute Gasteiger partial charge is 0.254 e. The Labute approximate surface area is 173 Å². The average Bonchev–Trinajstić information content (AvgIpc) is 2.74. The second kappa shape index (κ2) is 11.3. The van der Waals surface area contributed by atoms with Crippen molar-refractivity contribution in [3.63, 3.8) is 0 Å². The summed E-state index contributed by atoms with van der Waals surface area (Å²) in [5, 5.41) is 0. The second-order valence-electron chi connectivity index (χ2n) is 7.02. The molecule has 1 aromatic rings. The van der Waals surface area contributed by atoms with Crippen LogP contribution in [-0.4, -0.2) is 77.6 Å². The molecule has 0 aliphatic carbocycles. The Balaban J connectivity index is 0.00000280. The largest absolute Gasteiger partial charge is 1.00 e. The van der Waals surface area contributed by atoms with Crippen molar-refractivity contribution in [1.82, 2.24) is 4.90 Å². The fraction of sp³-hybridized carbons (Fsp3) is 0.650. The molecule has 2 aliphatic rings. The highest BCUT2D eigenvalue weighted by molar-refractivity contribution is 5.95. The van der Waals surface area contributed by atoms with Crippen molar-refractivity contribution in [2.75, 3.05) is 66.8 Å². The summed E-state index contributed by atoms with van der Waals surface area (Å²) in [6.45, 7) is 6.32. The topological polar surface area (TPSA) is 61.7 Å². The number of nitrogens with one attached hydrogen (secondary N) is 1. The first-order valence-electron chi connectivity index (χ1n) is 9.82. The number of carbonyl (C=O) groups is 1. The van der Waals surface area contributed by atoms with Crippen molar-refractivity contribution in [2.24, 2.45) is 0 Å². The van der Waals surface area contributed by atoms with Crippen LogP contribution in [0.25, 0.3) is 0 Å². The third-order valence-electron chi connectivity index (χ3n) is 5.27. The Kier molecular flexibility index (Phi) is 9.15. The normalized spacial score (nSPS) is 17.6. The van der Waals surface area contributed by atoms with Gasteiger partial charge in [0.15, 0.2) is 11.5 Å². The van der Waals surface area contributed by atoms with Crippen LogP contribution < -0.4 is 31.5 Å². The number of quaternary nitrogens is 1. The molecule has 28 heavy (non-hydrogen) atoms. The molecule has 2 heterocycles. The van der Waals surface area contributed by atoms with Gasteiger partial charge < -0.3 is 41.2 Å². The van der Waals surface area contributed by atoms with Crippen molar-refractivity contribution in [3.8, 4) is 17.2 Å². The van der Waals surface area contributed by atoms with E-state index in [0.717, 1.165) is 6.54 Å². The van der Waals surface area contributed by atoms with Crippen LogP contribution in [0.3, 0.4) is 0 Å². The molecular formula is C20H31ClN2O5. The Bertz CT molecular complexity index is 606. The van der Waals surface area contributed by atoms with Crippen molar-refractivity contribution >= 4 is 5.91 Å². The number of carbonyl (C=O) groups excluding carboxylic acids is 1. The van der Waals surface area contributed by atoms with Crippen molar-refractivity contribution in [3.05, 3.63) is 17.7 Å². The Morgan fingerprint density at radius 3 is 2.25 bits per heavy atom. The van der Waals surface area contributed by atoms with E-state index in [2.05, 4.69) is 0 Å². The Morgan fingerprint density at radius 2 is 1.68 bits per heavy atom. The summed E-state index contributed by atoms with van der Waals surface area (Å²) in [6.07, 6.45) is 3.92. The molecule has 2 fully saturated rings. The fourth-order valence-corrected chi connectivity index (χ4v) is 3.69. The predicted molar refractivity (Wildman–Crippen MR) is 101 cm³/mol. The summed E-state index contributed by atoms with van der Waals surface area (Å²) in [5.41, 5.74) is 0.541. The minimum Gasteiger partial charge on any atom is -1.00 e. The summed E-state index contributed by atoms with van der Waals surface area (Å²) < 4.78 is 22.3. The lowest BCUT2D eigenvalue weighted by atomic mass is 10.1. The van der Waals surface area contributed by atoms with Crippen LogP contribution >= 0.6 is 0 Å². The van der Waals surface area contributed by atoms with E-state index in [4.69, 9.17) is 18.9 Å². The van der Waals surface area contributed by atoms with Gasteiger partial charge in [-0.15, -0.1) is 0 Å². The number of ether oxygens (including phenoxy) is 4. The van der Waals surface area contributed by atoms with E-state index < -0.39 is 0 Å². The summed E-state index contributed by atoms with van der Waals surface area (Å²) in [6, 6.07) is 3.48.